The monoisotopic (exact) mass is 326 g/mol. The molecular formula is C22H46O. The Morgan fingerprint density at radius 2 is 1.39 bits per heavy atom. The molecule has 0 aromatic heterocycles. The van der Waals surface area contributed by atoms with Crippen LogP contribution in [-0.2, 0) is 0 Å². The standard InChI is InChI=1S/C22H46O/c1-7-8-14-21(18-22(5,6)16-17-23)15-10-13-20(4)12-9-11-19(2)3/h19-21,23H,7-18H2,1-6H3. The van der Waals surface area contributed by atoms with Crippen LogP contribution in [0.25, 0.3) is 0 Å². The molecule has 140 valence electrons. The zero-order valence-electron chi connectivity index (χ0n) is 17.2. The van der Waals surface area contributed by atoms with E-state index >= 15 is 0 Å². The third-order valence-electron chi connectivity index (χ3n) is 5.38. The Balaban J connectivity index is 4.08. The minimum atomic E-state index is 0.302. The summed E-state index contributed by atoms with van der Waals surface area (Å²) in [7, 11) is 0. The number of rotatable bonds is 15. The molecule has 2 unspecified atom stereocenters. The van der Waals surface area contributed by atoms with E-state index < -0.39 is 0 Å². The molecule has 1 heteroatoms. The zero-order valence-corrected chi connectivity index (χ0v) is 17.2. The van der Waals surface area contributed by atoms with Gasteiger partial charge in [0.2, 0.25) is 0 Å². The van der Waals surface area contributed by atoms with Crippen molar-refractivity contribution >= 4 is 0 Å². The van der Waals surface area contributed by atoms with Gasteiger partial charge in [-0.3, -0.25) is 0 Å². The van der Waals surface area contributed by atoms with E-state index in [1.807, 2.05) is 0 Å². The first-order valence-electron chi connectivity index (χ1n) is 10.4. The normalized spacial score (nSPS) is 15.1. The van der Waals surface area contributed by atoms with Gasteiger partial charge < -0.3 is 5.11 Å². The lowest BCUT2D eigenvalue weighted by Crippen LogP contribution is -2.19. The summed E-state index contributed by atoms with van der Waals surface area (Å²) >= 11 is 0. The maximum atomic E-state index is 9.26. The third kappa shape index (κ3) is 14.0. The van der Waals surface area contributed by atoms with Crippen LogP contribution in [0.2, 0.25) is 0 Å². The van der Waals surface area contributed by atoms with Gasteiger partial charge in [0.05, 0.1) is 0 Å². The second-order valence-electron chi connectivity index (χ2n) is 9.21. The highest BCUT2D eigenvalue weighted by atomic mass is 16.3. The molecule has 0 fully saturated rings. The molecule has 0 spiro atoms. The van der Waals surface area contributed by atoms with E-state index in [9.17, 15) is 5.11 Å². The molecule has 0 heterocycles. The average molecular weight is 327 g/mol. The van der Waals surface area contributed by atoms with Crippen LogP contribution in [0.15, 0.2) is 0 Å². The summed E-state index contributed by atoms with van der Waals surface area (Å²) in [6, 6.07) is 0. The maximum Gasteiger partial charge on any atom is 0.0436 e. The molecule has 0 aliphatic rings. The van der Waals surface area contributed by atoms with E-state index in [1.165, 1.54) is 64.2 Å². The molecule has 0 rings (SSSR count). The van der Waals surface area contributed by atoms with Crippen molar-refractivity contribution in [1.82, 2.24) is 0 Å². The Labute approximate surface area is 147 Å². The van der Waals surface area contributed by atoms with Crippen LogP contribution in [0.1, 0.15) is 112 Å². The molecule has 2 atom stereocenters. The minimum Gasteiger partial charge on any atom is -0.396 e. The van der Waals surface area contributed by atoms with Gasteiger partial charge in [0.1, 0.15) is 0 Å². The highest BCUT2D eigenvalue weighted by molar-refractivity contribution is 4.74. The summed E-state index contributed by atoms with van der Waals surface area (Å²) in [6.07, 6.45) is 14.7. The van der Waals surface area contributed by atoms with Gasteiger partial charge >= 0.3 is 0 Å². The molecule has 0 bridgehead atoms. The van der Waals surface area contributed by atoms with Gasteiger partial charge in [-0.05, 0) is 36.0 Å². The summed E-state index contributed by atoms with van der Waals surface area (Å²) in [5.41, 5.74) is 0.302. The van der Waals surface area contributed by atoms with Gasteiger partial charge in [0.25, 0.3) is 0 Å². The first kappa shape index (κ1) is 23.0. The third-order valence-corrected chi connectivity index (χ3v) is 5.38. The van der Waals surface area contributed by atoms with Crippen LogP contribution in [-0.4, -0.2) is 11.7 Å². The van der Waals surface area contributed by atoms with Crippen molar-refractivity contribution in [1.29, 1.82) is 0 Å². The Bertz CT molecular complexity index is 257. The van der Waals surface area contributed by atoms with Crippen LogP contribution < -0.4 is 0 Å². The lowest BCUT2D eigenvalue weighted by Gasteiger charge is -2.29. The van der Waals surface area contributed by atoms with Gasteiger partial charge in [-0.25, -0.2) is 0 Å². The molecule has 0 radical (unpaired) electrons. The SMILES string of the molecule is CCCCC(CCCC(C)CCCC(C)C)CC(C)(C)CCO. The second-order valence-corrected chi connectivity index (χ2v) is 9.21. The summed E-state index contributed by atoms with van der Waals surface area (Å²) < 4.78 is 0. The Hall–Kier alpha value is -0.0400. The van der Waals surface area contributed by atoms with Crippen molar-refractivity contribution in [2.24, 2.45) is 23.2 Å². The molecule has 0 saturated carbocycles. The predicted molar refractivity (Wildman–Crippen MR) is 105 cm³/mol. The van der Waals surface area contributed by atoms with Crippen LogP contribution in [0.4, 0.5) is 0 Å². The minimum absolute atomic E-state index is 0.302. The topological polar surface area (TPSA) is 20.2 Å². The van der Waals surface area contributed by atoms with Gasteiger partial charge in [0.15, 0.2) is 0 Å². The summed E-state index contributed by atoms with van der Waals surface area (Å²) in [5, 5.41) is 9.26. The lowest BCUT2D eigenvalue weighted by atomic mass is 9.77. The second kappa shape index (κ2) is 13.3. The number of hydrogen-bond acceptors (Lipinski definition) is 1. The Morgan fingerprint density at radius 3 is 1.91 bits per heavy atom. The maximum absolute atomic E-state index is 9.26. The predicted octanol–water partition coefficient (Wildman–Crippen LogP) is 7.22. The fourth-order valence-corrected chi connectivity index (χ4v) is 3.80. The molecule has 0 aromatic carbocycles. The van der Waals surface area contributed by atoms with Crippen molar-refractivity contribution in [3.05, 3.63) is 0 Å². The summed E-state index contributed by atoms with van der Waals surface area (Å²) in [4.78, 5) is 0. The molecule has 0 aromatic rings. The van der Waals surface area contributed by atoms with Gasteiger partial charge in [-0.2, -0.15) is 0 Å². The Kier molecular flexibility index (Phi) is 13.3. The first-order valence-corrected chi connectivity index (χ1v) is 10.4. The zero-order chi connectivity index (χ0) is 17.7. The van der Waals surface area contributed by atoms with Crippen molar-refractivity contribution in [2.45, 2.75) is 112 Å². The molecule has 0 amide bonds. The van der Waals surface area contributed by atoms with Gasteiger partial charge in [-0.1, -0.05) is 99.3 Å². The van der Waals surface area contributed by atoms with E-state index in [-0.39, 0.29) is 0 Å². The van der Waals surface area contributed by atoms with Crippen LogP contribution in [0.5, 0.6) is 0 Å². The van der Waals surface area contributed by atoms with Crippen LogP contribution >= 0.6 is 0 Å². The van der Waals surface area contributed by atoms with Crippen LogP contribution in [0, 0.1) is 23.2 Å². The molecule has 0 aliphatic carbocycles. The largest absolute Gasteiger partial charge is 0.396 e. The number of hydrogen-bond donors (Lipinski definition) is 1. The van der Waals surface area contributed by atoms with Crippen molar-refractivity contribution in [2.75, 3.05) is 6.61 Å². The molecule has 0 saturated heterocycles. The van der Waals surface area contributed by atoms with E-state index in [1.54, 1.807) is 0 Å². The van der Waals surface area contributed by atoms with Crippen LogP contribution in [0.3, 0.4) is 0 Å². The van der Waals surface area contributed by atoms with E-state index in [2.05, 4.69) is 41.5 Å². The molecule has 1 nitrogen and oxygen atoms in total. The molecule has 0 aliphatic heterocycles. The lowest BCUT2D eigenvalue weighted by molar-refractivity contribution is 0.170. The summed E-state index contributed by atoms with van der Waals surface area (Å²) in [6.45, 7) is 14.4. The highest BCUT2D eigenvalue weighted by Gasteiger charge is 2.22. The molecule has 23 heavy (non-hydrogen) atoms. The summed E-state index contributed by atoms with van der Waals surface area (Å²) in [5.74, 6) is 2.61. The fourth-order valence-electron chi connectivity index (χ4n) is 3.80. The van der Waals surface area contributed by atoms with Gasteiger partial charge in [0, 0.05) is 6.61 Å². The fraction of sp³-hybridized carbons (Fsp3) is 1.00. The quantitative estimate of drug-likeness (QED) is 0.336. The molecule has 1 N–H and O–H groups in total. The van der Waals surface area contributed by atoms with E-state index in [0.29, 0.717) is 12.0 Å². The van der Waals surface area contributed by atoms with Crippen molar-refractivity contribution in [3.63, 3.8) is 0 Å². The first-order chi connectivity index (χ1) is 10.8. The number of aliphatic hydroxyl groups excluding tert-OH is 1. The van der Waals surface area contributed by atoms with Crippen molar-refractivity contribution < 1.29 is 5.11 Å². The number of aliphatic hydroxyl groups is 1. The van der Waals surface area contributed by atoms with Gasteiger partial charge in [-0.15, -0.1) is 0 Å². The average Bonchev–Trinajstić information content (AvgIpc) is 2.43. The molecular weight excluding hydrogens is 280 g/mol. The van der Waals surface area contributed by atoms with E-state index in [4.69, 9.17) is 0 Å². The highest BCUT2D eigenvalue weighted by Crippen LogP contribution is 2.34. The van der Waals surface area contributed by atoms with Crippen molar-refractivity contribution in [3.8, 4) is 0 Å². The van der Waals surface area contributed by atoms with E-state index in [0.717, 1.165) is 24.2 Å². The Morgan fingerprint density at radius 1 is 0.826 bits per heavy atom. The smallest absolute Gasteiger partial charge is 0.0436 e. The number of unbranched alkanes of at least 4 members (excludes halogenated alkanes) is 1.